The van der Waals surface area contributed by atoms with Crippen molar-refractivity contribution in [3.05, 3.63) is 46.4 Å². The number of carbonyl (C=O) groups excluding carboxylic acids is 1. The van der Waals surface area contributed by atoms with E-state index >= 15 is 0 Å². The SMILES string of the molecule is CCCC(C(N)=O)c1c(Br)c(O)cc(O)c1-c1ccccc1. The fourth-order valence-electron chi connectivity index (χ4n) is 2.60. The van der Waals surface area contributed by atoms with E-state index in [1.807, 2.05) is 37.3 Å². The van der Waals surface area contributed by atoms with E-state index < -0.39 is 11.8 Å². The molecule has 1 atom stereocenters. The zero-order chi connectivity index (χ0) is 16.3. The first-order valence-electron chi connectivity index (χ1n) is 7.06. The van der Waals surface area contributed by atoms with E-state index in [1.54, 1.807) is 0 Å². The minimum atomic E-state index is -0.590. The summed E-state index contributed by atoms with van der Waals surface area (Å²) >= 11 is 3.33. The van der Waals surface area contributed by atoms with Crippen LogP contribution in [0.1, 0.15) is 31.2 Å². The van der Waals surface area contributed by atoms with Crippen molar-refractivity contribution < 1.29 is 15.0 Å². The summed E-state index contributed by atoms with van der Waals surface area (Å²) in [4.78, 5) is 11.9. The molecular weight excluding hydrogens is 346 g/mol. The number of carbonyl (C=O) groups is 1. The molecule has 0 aliphatic heterocycles. The molecule has 5 heteroatoms. The third kappa shape index (κ3) is 3.09. The van der Waals surface area contributed by atoms with Crippen LogP contribution in [0.2, 0.25) is 0 Å². The number of aromatic hydroxyl groups is 2. The lowest BCUT2D eigenvalue weighted by molar-refractivity contribution is -0.119. The van der Waals surface area contributed by atoms with Crippen molar-refractivity contribution >= 4 is 21.8 Å². The molecule has 0 heterocycles. The monoisotopic (exact) mass is 363 g/mol. The van der Waals surface area contributed by atoms with Crippen LogP contribution < -0.4 is 5.73 Å². The lowest BCUT2D eigenvalue weighted by Gasteiger charge is -2.21. The van der Waals surface area contributed by atoms with Gasteiger partial charge in [0, 0.05) is 11.6 Å². The van der Waals surface area contributed by atoms with Gasteiger partial charge >= 0.3 is 0 Å². The van der Waals surface area contributed by atoms with E-state index in [0.717, 1.165) is 12.0 Å². The standard InChI is InChI=1S/C17H18BrNO3/c1-2-6-11(17(19)22)15-14(10-7-4-3-5-8-10)12(20)9-13(21)16(15)18/h3-5,7-9,11,20-21H,2,6H2,1H3,(H2,19,22). The summed E-state index contributed by atoms with van der Waals surface area (Å²) in [5.41, 5.74) is 7.35. The molecule has 2 aromatic carbocycles. The second kappa shape index (κ2) is 6.83. The van der Waals surface area contributed by atoms with Gasteiger partial charge in [-0.3, -0.25) is 4.79 Å². The predicted molar refractivity (Wildman–Crippen MR) is 89.8 cm³/mol. The Morgan fingerprint density at radius 3 is 2.41 bits per heavy atom. The molecule has 4 nitrogen and oxygen atoms in total. The average Bonchev–Trinajstić information content (AvgIpc) is 2.49. The van der Waals surface area contributed by atoms with E-state index in [1.165, 1.54) is 6.07 Å². The van der Waals surface area contributed by atoms with Gasteiger partial charge in [0.25, 0.3) is 0 Å². The number of benzene rings is 2. The Morgan fingerprint density at radius 1 is 1.23 bits per heavy atom. The second-order valence-corrected chi connectivity index (χ2v) is 5.92. The third-order valence-electron chi connectivity index (χ3n) is 3.59. The minimum Gasteiger partial charge on any atom is -0.507 e. The number of rotatable bonds is 5. The van der Waals surface area contributed by atoms with Gasteiger partial charge in [-0.2, -0.15) is 0 Å². The van der Waals surface area contributed by atoms with Crippen LogP contribution in [0.3, 0.4) is 0 Å². The molecule has 2 rings (SSSR count). The normalized spacial score (nSPS) is 12.1. The van der Waals surface area contributed by atoms with Gasteiger partial charge in [0.05, 0.1) is 10.4 Å². The highest BCUT2D eigenvalue weighted by Crippen LogP contribution is 2.46. The van der Waals surface area contributed by atoms with Gasteiger partial charge < -0.3 is 15.9 Å². The zero-order valence-electron chi connectivity index (χ0n) is 12.2. The van der Waals surface area contributed by atoms with Crippen LogP contribution in [0.25, 0.3) is 11.1 Å². The number of nitrogens with two attached hydrogens (primary N) is 1. The first-order chi connectivity index (χ1) is 10.5. The van der Waals surface area contributed by atoms with Crippen molar-refractivity contribution in [1.82, 2.24) is 0 Å². The number of hydrogen-bond donors (Lipinski definition) is 3. The highest BCUT2D eigenvalue weighted by Gasteiger charge is 2.27. The summed E-state index contributed by atoms with van der Waals surface area (Å²) in [6.07, 6.45) is 1.29. The van der Waals surface area contributed by atoms with Crippen LogP contribution in [0.5, 0.6) is 11.5 Å². The molecule has 0 aliphatic carbocycles. The summed E-state index contributed by atoms with van der Waals surface area (Å²) in [5, 5.41) is 20.3. The number of primary amides is 1. The van der Waals surface area contributed by atoms with Crippen LogP contribution in [-0.4, -0.2) is 16.1 Å². The Bertz CT molecular complexity index is 686. The maximum absolute atomic E-state index is 11.9. The van der Waals surface area contributed by atoms with E-state index in [9.17, 15) is 15.0 Å². The first-order valence-corrected chi connectivity index (χ1v) is 7.85. The number of halogens is 1. The quantitative estimate of drug-likeness (QED) is 0.753. The van der Waals surface area contributed by atoms with E-state index in [4.69, 9.17) is 5.73 Å². The smallest absolute Gasteiger partial charge is 0.225 e. The largest absolute Gasteiger partial charge is 0.507 e. The molecule has 116 valence electrons. The number of phenols is 2. The number of phenolic OH excluding ortho intramolecular Hbond substituents is 2. The van der Waals surface area contributed by atoms with E-state index in [0.29, 0.717) is 22.0 Å². The lowest BCUT2D eigenvalue weighted by Crippen LogP contribution is -2.22. The maximum Gasteiger partial charge on any atom is 0.225 e. The zero-order valence-corrected chi connectivity index (χ0v) is 13.8. The molecule has 0 aliphatic rings. The molecule has 0 spiro atoms. The summed E-state index contributed by atoms with van der Waals surface area (Å²) in [6, 6.07) is 10.5. The fraction of sp³-hybridized carbons (Fsp3) is 0.235. The van der Waals surface area contributed by atoms with Gasteiger partial charge in [-0.25, -0.2) is 0 Å². The van der Waals surface area contributed by atoms with Crippen molar-refractivity contribution in [3.8, 4) is 22.6 Å². The van der Waals surface area contributed by atoms with Gasteiger partial charge in [-0.1, -0.05) is 43.7 Å². The molecule has 1 unspecified atom stereocenters. The van der Waals surface area contributed by atoms with Crippen LogP contribution in [0, 0.1) is 0 Å². The van der Waals surface area contributed by atoms with Gasteiger partial charge in [0.2, 0.25) is 5.91 Å². The Morgan fingerprint density at radius 2 is 1.86 bits per heavy atom. The summed E-state index contributed by atoms with van der Waals surface area (Å²) in [7, 11) is 0. The highest BCUT2D eigenvalue weighted by molar-refractivity contribution is 9.10. The van der Waals surface area contributed by atoms with Crippen molar-refractivity contribution in [2.24, 2.45) is 5.73 Å². The molecule has 2 aromatic rings. The maximum atomic E-state index is 11.9. The van der Waals surface area contributed by atoms with Crippen molar-refractivity contribution in [3.63, 3.8) is 0 Å². The van der Waals surface area contributed by atoms with E-state index in [-0.39, 0.29) is 11.5 Å². The topological polar surface area (TPSA) is 83.6 Å². The Labute approximate surface area is 137 Å². The summed E-state index contributed by atoms with van der Waals surface area (Å²) in [5.74, 6) is -1.27. The Hall–Kier alpha value is -2.01. The fourth-order valence-corrected chi connectivity index (χ4v) is 3.19. The predicted octanol–water partition coefficient (Wildman–Crippen LogP) is 3.90. The summed E-state index contributed by atoms with van der Waals surface area (Å²) in [6.45, 7) is 1.95. The van der Waals surface area contributed by atoms with Crippen molar-refractivity contribution in [2.45, 2.75) is 25.7 Å². The molecule has 22 heavy (non-hydrogen) atoms. The molecule has 0 radical (unpaired) electrons. The van der Waals surface area contributed by atoms with Gasteiger partial charge in [0.1, 0.15) is 11.5 Å². The van der Waals surface area contributed by atoms with Crippen molar-refractivity contribution in [1.29, 1.82) is 0 Å². The van der Waals surface area contributed by atoms with Crippen LogP contribution in [0.4, 0.5) is 0 Å². The lowest BCUT2D eigenvalue weighted by atomic mass is 9.86. The van der Waals surface area contributed by atoms with Crippen LogP contribution in [0.15, 0.2) is 40.9 Å². The van der Waals surface area contributed by atoms with Gasteiger partial charge in [0.15, 0.2) is 0 Å². The first kappa shape index (κ1) is 16.4. The number of amides is 1. The van der Waals surface area contributed by atoms with Crippen molar-refractivity contribution in [2.75, 3.05) is 0 Å². The molecule has 0 saturated heterocycles. The Kier molecular flexibility index (Phi) is 5.08. The van der Waals surface area contributed by atoms with Gasteiger partial charge in [-0.15, -0.1) is 0 Å². The molecule has 4 N–H and O–H groups in total. The van der Waals surface area contributed by atoms with Crippen LogP contribution in [-0.2, 0) is 4.79 Å². The molecule has 1 amide bonds. The molecule has 0 saturated carbocycles. The average molecular weight is 364 g/mol. The second-order valence-electron chi connectivity index (χ2n) is 5.13. The van der Waals surface area contributed by atoms with Gasteiger partial charge in [-0.05, 0) is 33.5 Å². The van der Waals surface area contributed by atoms with E-state index in [2.05, 4.69) is 15.9 Å². The molecular formula is C17H18BrNO3. The van der Waals surface area contributed by atoms with Crippen LogP contribution >= 0.6 is 15.9 Å². The summed E-state index contributed by atoms with van der Waals surface area (Å²) < 4.78 is 0.390. The number of hydrogen-bond acceptors (Lipinski definition) is 3. The highest BCUT2D eigenvalue weighted by atomic mass is 79.9. The molecule has 0 aromatic heterocycles. The Balaban J connectivity index is 2.77. The molecule has 0 bridgehead atoms. The molecule has 0 fully saturated rings. The minimum absolute atomic E-state index is 0.0794. The third-order valence-corrected chi connectivity index (χ3v) is 4.43.